The summed E-state index contributed by atoms with van der Waals surface area (Å²) in [6.45, 7) is 9.12. The molecule has 1 aliphatic heterocycles. The molecule has 0 saturated carbocycles. The number of carboxylic acid groups (broad SMARTS) is 1. The Labute approximate surface area is 182 Å². The Bertz CT molecular complexity index is 1300. The largest absolute Gasteiger partial charge is 0.478 e. The van der Waals surface area contributed by atoms with Gasteiger partial charge in [-0.25, -0.2) is 4.79 Å². The lowest BCUT2D eigenvalue weighted by Crippen LogP contribution is -2.23. The molecule has 0 aromatic heterocycles. The number of rotatable bonds is 5. The second kappa shape index (κ2) is 8.31. The van der Waals surface area contributed by atoms with Crippen LogP contribution in [0.2, 0.25) is 0 Å². The van der Waals surface area contributed by atoms with Crippen molar-refractivity contribution in [3.05, 3.63) is 86.8 Å². The lowest BCUT2D eigenvalue weighted by molar-refractivity contribution is 0.0696. The van der Waals surface area contributed by atoms with Gasteiger partial charge in [0.2, 0.25) is 0 Å². The lowest BCUT2D eigenvalue weighted by Gasteiger charge is -2.24. The summed E-state index contributed by atoms with van der Waals surface area (Å²) < 4.78 is 6.39. The van der Waals surface area contributed by atoms with E-state index in [1.54, 1.807) is 12.1 Å². The lowest BCUT2D eigenvalue weighted by atomic mass is 9.88. The highest BCUT2D eigenvalue weighted by Gasteiger charge is 2.25. The zero-order valence-electron chi connectivity index (χ0n) is 18.4. The molecular formula is C27H27NO3. The second-order valence-corrected chi connectivity index (χ2v) is 7.84. The van der Waals surface area contributed by atoms with Crippen molar-refractivity contribution in [2.45, 2.75) is 34.1 Å². The minimum atomic E-state index is -0.939. The molecule has 0 spiro atoms. The predicted octanol–water partition coefficient (Wildman–Crippen LogP) is 4.98. The minimum Gasteiger partial charge on any atom is -0.478 e. The maximum atomic E-state index is 12.0. The third kappa shape index (κ3) is 3.70. The van der Waals surface area contributed by atoms with Crippen molar-refractivity contribution >= 4 is 23.3 Å². The normalized spacial score (nSPS) is 12.8. The Balaban J connectivity index is 2.14. The number of aromatic carboxylic acids is 1. The summed E-state index contributed by atoms with van der Waals surface area (Å²) in [5, 5.41) is 15.3. The summed E-state index contributed by atoms with van der Waals surface area (Å²) in [7, 11) is 0. The third-order valence-corrected chi connectivity index (χ3v) is 5.67. The predicted molar refractivity (Wildman–Crippen MR) is 126 cm³/mol. The maximum Gasteiger partial charge on any atom is 0.336 e. The van der Waals surface area contributed by atoms with Crippen molar-refractivity contribution in [2.75, 3.05) is 11.9 Å². The standard InChI is InChI=1S/C27H27NO3/c1-5-9-18-14-24-21(12-16(18)3)26(19-10-7-8-11-20(19)27(29)30)22-13-17(4)23(28-6-2)15-25(22)31-24/h7-15,28H,5-6H2,1-4H3,(H,29,30). The van der Waals surface area contributed by atoms with Crippen LogP contribution in [-0.2, 0) is 0 Å². The molecule has 31 heavy (non-hydrogen) atoms. The average molecular weight is 414 g/mol. The van der Waals surface area contributed by atoms with Gasteiger partial charge in [0, 0.05) is 34.7 Å². The highest BCUT2D eigenvalue weighted by atomic mass is 16.5. The zero-order chi connectivity index (χ0) is 22.1. The zero-order valence-corrected chi connectivity index (χ0v) is 18.4. The van der Waals surface area contributed by atoms with Gasteiger partial charge in [0.15, 0.2) is 0 Å². The number of carbonyl (C=O) groups is 1. The number of aryl methyl sites for hydroxylation is 2. The first-order chi connectivity index (χ1) is 14.9. The van der Waals surface area contributed by atoms with Crippen molar-refractivity contribution in [2.24, 2.45) is 0 Å². The van der Waals surface area contributed by atoms with E-state index in [1.807, 2.05) is 18.2 Å². The molecule has 0 aliphatic carbocycles. The fraction of sp³-hybridized carbons (Fsp3) is 0.222. The van der Waals surface area contributed by atoms with Crippen LogP contribution in [0.5, 0.6) is 11.5 Å². The number of hydrogen-bond acceptors (Lipinski definition) is 3. The SMILES string of the molecule is CCC=c1cc2c(cc1C)=C(c1ccccc1C(=O)O)c1cc(C)c(NCC)cc1O2. The van der Waals surface area contributed by atoms with Crippen LogP contribution < -0.4 is 20.5 Å². The van der Waals surface area contributed by atoms with E-state index in [4.69, 9.17) is 4.74 Å². The minimum absolute atomic E-state index is 0.284. The van der Waals surface area contributed by atoms with Gasteiger partial charge in [-0.3, -0.25) is 0 Å². The van der Waals surface area contributed by atoms with Crippen LogP contribution in [0.1, 0.15) is 52.9 Å². The van der Waals surface area contributed by atoms with Gasteiger partial charge in [0.25, 0.3) is 0 Å². The van der Waals surface area contributed by atoms with E-state index in [0.29, 0.717) is 5.56 Å². The van der Waals surface area contributed by atoms with Gasteiger partial charge in [-0.15, -0.1) is 0 Å². The molecule has 2 N–H and O–H groups in total. The molecule has 158 valence electrons. The summed E-state index contributed by atoms with van der Waals surface area (Å²) in [6, 6.07) is 15.5. The summed E-state index contributed by atoms with van der Waals surface area (Å²) in [5.74, 6) is 0.543. The van der Waals surface area contributed by atoms with Crippen LogP contribution in [-0.4, -0.2) is 17.6 Å². The van der Waals surface area contributed by atoms with Gasteiger partial charge < -0.3 is 15.2 Å². The summed E-state index contributed by atoms with van der Waals surface area (Å²) in [6.07, 6.45) is 3.11. The van der Waals surface area contributed by atoms with Crippen LogP contribution in [0, 0.1) is 13.8 Å². The topological polar surface area (TPSA) is 58.6 Å². The number of benzene rings is 3. The van der Waals surface area contributed by atoms with Crippen molar-refractivity contribution in [1.82, 2.24) is 0 Å². The molecule has 0 unspecified atom stereocenters. The number of ether oxygens (including phenoxy) is 1. The highest BCUT2D eigenvalue weighted by molar-refractivity contribution is 5.98. The Morgan fingerprint density at radius 3 is 2.48 bits per heavy atom. The van der Waals surface area contributed by atoms with E-state index in [2.05, 4.69) is 57.3 Å². The van der Waals surface area contributed by atoms with E-state index in [9.17, 15) is 9.90 Å². The first kappa shape index (κ1) is 20.7. The van der Waals surface area contributed by atoms with E-state index >= 15 is 0 Å². The summed E-state index contributed by atoms with van der Waals surface area (Å²) in [4.78, 5) is 12.0. The van der Waals surface area contributed by atoms with Gasteiger partial charge in [0.1, 0.15) is 11.5 Å². The van der Waals surface area contributed by atoms with Crippen LogP contribution in [0.15, 0.2) is 48.5 Å². The van der Waals surface area contributed by atoms with Gasteiger partial charge in [-0.05, 0) is 73.4 Å². The fourth-order valence-electron chi connectivity index (χ4n) is 4.21. The van der Waals surface area contributed by atoms with E-state index in [1.165, 1.54) is 0 Å². The second-order valence-electron chi connectivity index (χ2n) is 7.84. The third-order valence-electron chi connectivity index (χ3n) is 5.67. The fourth-order valence-corrected chi connectivity index (χ4v) is 4.21. The maximum absolute atomic E-state index is 12.0. The van der Waals surface area contributed by atoms with Crippen LogP contribution in [0.4, 0.5) is 5.69 Å². The quantitative estimate of drug-likeness (QED) is 0.485. The smallest absolute Gasteiger partial charge is 0.336 e. The van der Waals surface area contributed by atoms with Crippen molar-refractivity contribution < 1.29 is 14.6 Å². The molecule has 0 bridgehead atoms. The molecule has 3 aromatic rings. The van der Waals surface area contributed by atoms with Gasteiger partial charge in [-0.2, -0.15) is 0 Å². The molecule has 3 aromatic carbocycles. The monoisotopic (exact) mass is 413 g/mol. The summed E-state index contributed by atoms with van der Waals surface area (Å²) in [5.41, 5.74) is 6.03. The molecule has 1 aliphatic rings. The average Bonchev–Trinajstić information content (AvgIpc) is 2.74. The number of fused-ring (bicyclic) bond motifs is 2. The van der Waals surface area contributed by atoms with E-state index in [-0.39, 0.29) is 5.56 Å². The highest BCUT2D eigenvalue weighted by Crippen LogP contribution is 2.40. The summed E-state index contributed by atoms with van der Waals surface area (Å²) >= 11 is 0. The molecule has 0 atom stereocenters. The molecule has 0 amide bonds. The number of nitrogens with one attached hydrogen (secondary N) is 1. The van der Waals surface area contributed by atoms with E-state index in [0.717, 1.165) is 62.9 Å². The van der Waals surface area contributed by atoms with Crippen molar-refractivity contribution in [1.29, 1.82) is 0 Å². The van der Waals surface area contributed by atoms with Crippen LogP contribution >= 0.6 is 0 Å². The molecule has 4 heteroatoms. The molecule has 0 fully saturated rings. The Hall–Kier alpha value is -3.53. The van der Waals surface area contributed by atoms with Crippen LogP contribution in [0.25, 0.3) is 11.6 Å². The Kier molecular flexibility index (Phi) is 5.55. The Morgan fingerprint density at radius 2 is 1.77 bits per heavy atom. The molecular weight excluding hydrogens is 386 g/mol. The van der Waals surface area contributed by atoms with Crippen LogP contribution in [0.3, 0.4) is 0 Å². The molecule has 4 nitrogen and oxygen atoms in total. The first-order valence-electron chi connectivity index (χ1n) is 10.7. The van der Waals surface area contributed by atoms with Gasteiger partial charge in [0.05, 0.1) is 5.56 Å². The van der Waals surface area contributed by atoms with Crippen molar-refractivity contribution in [3.8, 4) is 11.5 Å². The van der Waals surface area contributed by atoms with Crippen molar-refractivity contribution in [3.63, 3.8) is 0 Å². The number of anilines is 1. The number of hydrogen-bond donors (Lipinski definition) is 2. The first-order valence-corrected chi connectivity index (χ1v) is 10.7. The molecule has 1 heterocycles. The van der Waals surface area contributed by atoms with E-state index < -0.39 is 5.97 Å². The Morgan fingerprint density at radius 1 is 1.00 bits per heavy atom. The number of carboxylic acids is 1. The molecule has 0 saturated heterocycles. The molecule has 0 radical (unpaired) electrons. The van der Waals surface area contributed by atoms with Gasteiger partial charge in [-0.1, -0.05) is 31.2 Å². The molecule has 4 rings (SSSR count). The van der Waals surface area contributed by atoms with Gasteiger partial charge >= 0.3 is 5.97 Å².